The van der Waals surface area contributed by atoms with E-state index in [0.29, 0.717) is 6.61 Å². The molecule has 0 amide bonds. The van der Waals surface area contributed by atoms with E-state index in [1.807, 2.05) is 20.8 Å². The summed E-state index contributed by atoms with van der Waals surface area (Å²) < 4.78 is 10.2. The summed E-state index contributed by atoms with van der Waals surface area (Å²) in [5.41, 5.74) is -0.238. The highest BCUT2D eigenvalue weighted by Crippen LogP contribution is 2.07. The lowest BCUT2D eigenvalue weighted by molar-refractivity contribution is -0.155. The Kier molecular flexibility index (Phi) is 5.13. The van der Waals surface area contributed by atoms with Gasteiger partial charge in [0.2, 0.25) is 0 Å². The zero-order valence-electron chi connectivity index (χ0n) is 8.04. The number of aliphatic hydroxyl groups excluding tert-OH is 1. The van der Waals surface area contributed by atoms with E-state index in [2.05, 4.69) is 6.58 Å². The van der Waals surface area contributed by atoms with E-state index in [9.17, 15) is 0 Å². The van der Waals surface area contributed by atoms with Crippen LogP contribution >= 0.6 is 0 Å². The van der Waals surface area contributed by atoms with Gasteiger partial charge in [-0.05, 0) is 20.8 Å². The molecular weight excluding hydrogens is 156 g/mol. The van der Waals surface area contributed by atoms with E-state index in [4.69, 9.17) is 14.6 Å². The van der Waals surface area contributed by atoms with Crippen molar-refractivity contribution >= 4 is 0 Å². The predicted molar refractivity (Wildman–Crippen MR) is 47.9 cm³/mol. The predicted octanol–water partition coefficient (Wildman–Crippen LogP) is 1.32. The van der Waals surface area contributed by atoms with Gasteiger partial charge in [-0.3, -0.25) is 0 Å². The van der Waals surface area contributed by atoms with Crippen LogP contribution in [0, 0.1) is 0 Å². The van der Waals surface area contributed by atoms with Crippen LogP contribution in [0.15, 0.2) is 12.7 Å². The van der Waals surface area contributed by atoms with E-state index in [-0.39, 0.29) is 12.2 Å². The lowest BCUT2D eigenvalue weighted by Gasteiger charge is -2.21. The second-order valence-corrected chi connectivity index (χ2v) is 3.50. The van der Waals surface area contributed by atoms with E-state index in [1.54, 1.807) is 6.08 Å². The first kappa shape index (κ1) is 11.6. The van der Waals surface area contributed by atoms with Gasteiger partial charge < -0.3 is 14.6 Å². The van der Waals surface area contributed by atoms with Gasteiger partial charge in [0, 0.05) is 0 Å². The Hall–Kier alpha value is -0.380. The fourth-order valence-electron chi connectivity index (χ4n) is 0.549. The van der Waals surface area contributed by atoms with E-state index in [0.717, 1.165) is 0 Å². The maximum Gasteiger partial charge on any atom is 0.178 e. The minimum atomic E-state index is -0.859. The molecule has 72 valence electrons. The topological polar surface area (TPSA) is 38.7 Å². The number of hydrogen-bond donors (Lipinski definition) is 1. The average Bonchev–Trinajstić information content (AvgIpc) is 1.95. The van der Waals surface area contributed by atoms with Gasteiger partial charge in [-0.2, -0.15) is 0 Å². The molecular formula is C9H18O3. The summed E-state index contributed by atoms with van der Waals surface area (Å²) in [6.45, 7) is 9.77. The standard InChI is InChI=1S/C9H18O3/c1-5-6-11-8(10)7-12-9(2,3)4/h5,8,10H,1,6-7H2,2-4H3. The minimum Gasteiger partial charge on any atom is -0.371 e. The number of rotatable bonds is 5. The van der Waals surface area contributed by atoms with Crippen LogP contribution in [0.4, 0.5) is 0 Å². The molecule has 1 atom stereocenters. The quantitative estimate of drug-likeness (QED) is 0.504. The molecule has 0 spiro atoms. The van der Waals surface area contributed by atoms with Gasteiger partial charge in [0.15, 0.2) is 6.29 Å². The minimum absolute atomic E-state index is 0.192. The molecule has 1 N–H and O–H groups in total. The fraction of sp³-hybridized carbons (Fsp3) is 0.778. The summed E-state index contributed by atoms with van der Waals surface area (Å²) in [6, 6.07) is 0. The molecule has 0 aromatic heterocycles. The smallest absolute Gasteiger partial charge is 0.178 e. The van der Waals surface area contributed by atoms with Gasteiger partial charge in [0.05, 0.1) is 18.8 Å². The molecule has 0 saturated heterocycles. The molecule has 0 fully saturated rings. The maximum atomic E-state index is 9.15. The molecule has 0 rings (SSSR count). The Balaban J connectivity index is 3.43. The van der Waals surface area contributed by atoms with Crippen molar-refractivity contribution in [2.45, 2.75) is 32.7 Å². The van der Waals surface area contributed by atoms with Crippen molar-refractivity contribution in [3.8, 4) is 0 Å². The van der Waals surface area contributed by atoms with Crippen molar-refractivity contribution in [1.29, 1.82) is 0 Å². The Bertz CT molecular complexity index is 126. The number of hydrogen-bond acceptors (Lipinski definition) is 3. The average molecular weight is 174 g/mol. The molecule has 0 aromatic rings. The van der Waals surface area contributed by atoms with Crippen molar-refractivity contribution in [1.82, 2.24) is 0 Å². The summed E-state index contributed by atoms with van der Waals surface area (Å²) in [5, 5.41) is 9.15. The summed E-state index contributed by atoms with van der Waals surface area (Å²) >= 11 is 0. The molecule has 0 radical (unpaired) electrons. The van der Waals surface area contributed by atoms with Gasteiger partial charge in [-0.25, -0.2) is 0 Å². The van der Waals surface area contributed by atoms with E-state index < -0.39 is 6.29 Å². The van der Waals surface area contributed by atoms with Gasteiger partial charge >= 0.3 is 0 Å². The van der Waals surface area contributed by atoms with Crippen molar-refractivity contribution in [2.24, 2.45) is 0 Å². The highest BCUT2D eigenvalue weighted by atomic mass is 16.6. The lowest BCUT2D eigenvalue weighted by Crippen LogP contribution is -2.27. The Morgan fingerprint density at radius 1 is 1.50 bits per heavy atom. The summed E-state index contributed by atoms with van der Waals surface area (Å²) in [6.07, 6.45) is 0.725. The van der Waals surface area contributed by atoms with E-state index >= 15 is 0 Å². The fourth-order valence-corrected chi connectivity index (χ4v) is 0.549. The molecule has 0 aliphatic rings. The second kappa shape index (κ2) is 5.30. The highest BCUT2D eigenvalue weighted by molar-refractivity contribution is 4.64. The van der Waals surface area contributed by atoms with Gasteiger partial charge in [0.25, 0.3) is 0 Å². The van der Waals surface area contributed by atoms with Crippen LogP contribution in [-0.4, -0.2) is 30.2 Å². The Morgan fingerprint density at radius 3 is 2.50 bits per heavy atom. The van der Waals surface area contributed by atoms with Gasteiger partial charge in [0.1, 0.15) is 0 Å². The summed E-state index contributed by atoms with van der Waals surface area (Å²) in [5.74, 6) is 0. The van der Waals surface area contributed by atoms with Crippen LogP contribution in [0.5, 0.6) is 0 Å². The normalized spacial score (nSPS) is 14.3. The number of aliphatic hydroxyl groups is 1. The molecule has 0 aromatic carbocycles. The third-order valence-corrected chi connectivity index (χ3v) is 1.07. The van der Waals surface area contributed by atoms with Crippen LogP contribution in [0.3, 0.4) is 0 Å². The third-order valence-electron chi connectivity index (χ3n) is 1.07. The molecule has 1 unspecified atom stereocenters. The second-order valence-electron chi connectivity index (χ2n) is 3.50. The first-order chi connectivity index (χ1) is 5.45. The van der Waals surface area contributed by atoms with E-state index in [1.165, 1.54) is 0 Å². The Labute approximate surface area is 74.0 Å². The molecule has 0 aliphatic carbocycles. The third kappa shape index (κ3) is 7.72. The SMILES string of the molecule is C=CCOC(O)COC(C)(C)C. The Morgan fingerprint density at radius 2 is 2.08 bits per heavy atom. The first-order valence-electron chi connectivity index (χ1n) is 4.00. The van der Waals surface area contributed by atoms with Crippen LogP contribution in [-0.2, 0) is 9.47 Å². The van der Waals surface area contributed by atoms with Gasteiger partial charge in [-0.1, -0.05) is 6.08 Å². The van der Waals surface area contributed by atoms with Crippen LogP contribution in [0.25, 0.3) is 0 Å². The molecule has 3 nitrogen and oxygen atoms in total. The van der Waals surface area contributed by atoms with Crippen molar-refractivity contribution in [3.63, 3.8) is 0 Å². The zero-order valence-corrected chi connectivity index (χ0v) is 8.04. The lowest BCUT2D eigenvalue weighted by atomic mass is 10.2. The van der Waals surface area contributed by atoms with Crippen LogP contribution in [0.2, 0.25) is 0 Å². The highest BCUT2D eigenvalue weighted by Gasteiger charge is 2.13. The largest absolute Gasteiger partial charge is 0.371 e. The molecule has 0 saturated carbocycles. The van der Waals surface area contributed by atoms with Crippen molar-refractivity contribution in [2.75, 3.05) is 13.2 Å². The molecule has 12 heavy (non-hydrogen) atoms. The molecule has 0 bridgehead atoms. The van der Waals surface area contributed by atoms with Crippen molar-refractivity contribution < 1.29 is 14.6 Å². The van der Waals surface area contributed by atoms with Crippen LogP contribution in [0.1, 0.15) is 20.8 Å². The van der Waals surface area contributed by atoms with Gasteiger partial charge in [-0.15, -0.1) is 6.58 Å². The first-order valence-corrected chi connectivity index (χ1v) is 4.00. The molecule has 0 aliphatic heterocycles. The zero-order chi connectivity index (χ0) is 9.61. The van der Waals surface area contributed by atoms with Crippen molar-refractivity contribution in [3.05, 3.63) is 12.7 Å². The molecule has 3 heteroatoms. The summed E-state index contributed by atoms with van der Waals surface area (Å²) in [4.78, 5) is 0. The summed E-state index contributed by atoms with van der Waals surface area (Å²) in [7, 11) is 0. The van der Waals surface area contributed by atoms with Crippen LogP contribution < -0.4 is 0 Å². The number of ether oxygens (including phenoxy) is 2. The maximum absolute atomic E-state index is 9.15. The monoisotopic (exact) mass is 174 g/mol. The molecule has 0 heterocycles.